The Balaban J connectivity index is 1.46. The molecule has 27 heavy (non-hydrogen) atoms. The van der Waals surface area contributed by atoms with Gasteiger partial charge in [0.15, 0.2) is 0 Å². The molecule has 1 aliphatic heterocycles. The summed E-state index contributed by atoms with van der Waals surface area (Å²) in [6, 6.07) is 17.7. The number of amides is 1. The standard InChI is InChI=1S/C22H22ClN3O/c1-17-7-8-19(23)16-21(17)25-11-13-26(14-12-25)22(27)18-5-4-6-20(15-18)24-9-2-3-10-24/h2-10,15-16H,11-14H2,1H3. The van der Waals surface area contributed by atoms with E-state index in [-0.39, 0.29) is 5.91 Å². The molecule has 0 atom stereocenters. The summed E-state index contributed by atoms with van der Waals surface area (Å²) in [4.78, 5) is 17.2. The molecule has 0 unspecified atom stereocenters. The molecule has 138 valence electrons. The van der Waals surface area contributed by atoms with Crippen molar-refractivity contribution in [1.29, 1.82) is 0 Å². The smallest absolute Gasteiger partial charge is 0.254 e. The normalized spacial score (nSPS) is 14.4. The largest absolute Gasteiger partial charge is 0.368 e. The Bertz CT molecular complexity index is 944. The number of carbonyl (C=O) groups is 1. The van der Waals surface area contributed by atoms with Gasteiger partial charge in [0.05, 0.1) is 0 Å². The number of carbonyl (C=O) groups excluding carboxylic acids is 1. The molecule has 2 aromatic carbocycles. The van der Waals surface area contributed by atoms with Crippen LogP contribution in [0.3, 0.4) is 0 Å². The Hall–Kier alpha value is -2.72. The predicted octanol–water partition coefficient (Wildman–Crippen LogP) is 4.40. The molecule has 2 heterocycles. The Kier molecular flexibility index (Phi) is 4.90. The summed E-state index contributed by atoms with van der Waals surface area (Å²) < 4.78 is 2.01. The zero-order chi connectivity index (χ0) is 18.8. The lowest BCUT2D eigenvalue weighted by Gasteiger charge is -2.37. The van der Waals surface area contributed by atoms with Crippen LogP contribution in [-0.4, -0.2) is 41.6 Å². The molecular formula is C22H22ClN3O. The van der Waals surface area contributed by atoms with E-state index in [4.69, 9.17) is 11.6 Å². The highest BCUT2D eigenvalue weighted by Gasteiger charge is 2.23. The van der Waals surface area contributed by atoms with E-state index >= 15 is 0 Å². The van der Waals surface area contributed by atoms with Gasteiger partial charge in [0.25, 0.3) is 5.91 Å². The van der Waals surface area contributed by atoms with E-state index in [0.717, 1.165) is 35.1 Å². The van der Waals surface area contributed by atoms with Crippen molar-refractivity contribution in [3.05, 3.63) is 83.1 Å². The summed E-state index contributed by atoms with van der Waals surface area (Å²) in [7, 11) is 0. The van der Waals surface area contributed by atoms with Gasteiger partial charge in [-0.1, -0.05) is 23.7 Å². The molecule has 0 N–H and O–H groups in total. The first-order valence-corrected chi connectivity index (χ1v) is 9.53. The van der Waals surface area contributed by atoms with Gasteiger partial charge < -0.3 is 14.4 Å². The van der Waals surface area contributed by atoms with Gasteiger partial charge in [-0.2, -0.15) is 0 Å². The van der Waals surface area contributed by atoms with Crippen LogP contribution in [0, 0.1) is 6.92 Å². The van der Waals surface area contributed by atoms with Crippen molar-refractivity contribution >= 4 is 23.2 Å². The summed E-state index contributed by atoms with van der Waals surface area (Å²) in [5.41, 5.74) is 4.09. The van der Waals surface area contributed by atoms with Gasteiger partial charge in [0, 0.05) is 60.5 Å². The van der Waals surface area contributed by atoms with Crippen molar-refractivity contribution in [1.82, 2.24) is 9.47 Å². The molecule has 1 aliphatic rings. The van der Waals surface area contributed by atoms with E-state index in [1.807, 2.05) is 76.5 Å². The average Bonchev–Trinajstić information content (AvgIpc) is 3.24. The van der Waals surface area contributed by atoms with Crippen LogP contribution in [0.4, 0.5) is 5.69 Å². The highest BCUT2D eigenvalue weighted by Crippen LogP contribution is 2.25. The maximum absolute atomic E-state index is 13.0. The highest BCUT2D eigenvalue weighted by molar-refractivity contribution is 6.30. The summed E-state index contributed by atoms with van der Waals surface area (Å²) in [6.07, 6.45) is 3.96. The number of aromatic nitrogens is 1. The molecular weight excluding hydrogens is 358 g/mol. The van der Waals surface area contributed by atoms with Crippen molar-refractivity contribution in [2.45, 2.75) is 6.92 Å². The number of aryl methyl sites for hydroxylation is 1. The fourth-order valence-corrected chi connectivity index (χ4v) is 3.73. The van der Waals surface area contributed by atoms with Crippen LogP contribution < -0.4 is 4.90 Å². The third-order valence-corrected chi connectivity index (χ3v) is 5.31. The van der Waals surface area contributed by atoms with E-state index in [1.54, 1.807) is 0 Å². The number of rotatable bonds is 3. The van der Waals surface area contributed by atoms with Crippen LogP contribution in [0.5, 0.6) is 0 Å². The van der Waals surface area contributed by atoms with E-state index in [0.29, 0.717) is 13.1 Å². The molecule has 1 saturated heterocycles. The molecule has 0 radical (unpaired) electrons. The number of hydrogen-bond acceptors (Lipinski definition) is 2. The predicted molar refractivity (Wildman–Crippen MR) is 110 cm³/mol. The van der Waals surface area contributed by atoms with Crippen LogP contribution in [0.1, 0.15) is 15.9 Å². The van der Waals surface area contributed by atoms with Gasteiger partial charge >= 0.3 is 0 Å². The molecule has 0 spiro atoms. The molecule has 4 nitrogen and oxygen atoms in total. The second-order valence-electron chi connectivity index (χ2n) is 6.85. The number of anilines is 1. The van der Waals surface area contributed by atoms with Crippen molar-refractivity contribution in [2.75, 3.05) is 31.1 Å². The zero-order valence-corrected chi connectivity index (χ0v) is 16.1. The van der Waals surface area contributed by atoms with Crippen LogP contribution in [0.25, 0.3) is 5.69 Å². The van der Waals surface area contributed by atoms with E-state index in [9.17, 15) is 4.79 Å². The van der Waals surface area contributed by atoms with Crippen LogP contribution in [-0.2, 0) is 0 Å². The van der Waals surface area contributed by atoms with E-state index in [2.05, 4.69) is 11.8 Å². The fourth-order valence-electron chi connectivity index (χ4n) is 3.56. The molecule has 1 fully saturated rings. The summed E-state index contributed by atoms with van der Waals surface area (Å²) >= 11 is 6.16. The van der Waals surface area contributed by atoms with Gasteiger partial charge in [0.2, 0.25) is 0 Å². The summed E-state index contributed by atoms with van der Waals surface area (Å²) in [5, 5.41) is 0.746. The summed E-state index contributed by atoms with van der Waals surface area (Å²) in [5.74, 6) is 0.0893. The van der Waals surface area contributed by atoms with E-state index in [1.165, 1.54) is 5.56 Å². The van der Waals surface area contributed by atoms with Gasteiger partial charge in [-0.05, 0) is 55.0 Å². The lowest BCUT2D eigenvalue weighted by molar-refractivity contribution is 0.0746. The number of nitrogens with zero attached hydrogens (tertiary/aromatic N) is 3. The fraction of sp³-hybridized carbons (Fsp3) is 0.227. The Morgan fingerprint density at radius 2 is 1.67 bits per heavy atom. The zero-order valence-electron chi connectivity index (χ0n) is 15.3. The first kappa shape index (κ1) is 17.7. The minimum Gasteiger partial charge on any atom is -0.368 e. The van der Waals surface area contributed by atoms with Crippen molar-refractivity contribution in [2.24, 2.45) is 0 Å². The van der Waals surface area contributed by atoms with Crippen molar-refractivity contribution < 1.29 is 4.79 Å². The topological polar surface area (TPSA) is 28.5 Å². The average molecular weight is 380 g/mol. The lowest BCUT2D eigenvalue weighted by Crippen LogP contribution is -2.49. The minimum absolute atomic E-state index is 0.0893. The Labute approximate surface area is 164 Å². The second-order valence-corrected chi connectivity index (χ2v) is 7.29. The molecule has 0 aliphatic carbocycles. The van der Waals surface area contributed by atoms with Crippen molar-refractivity contribution in [3.63, 3.8) is 0 Å². The van der Waals surface area contributed by atoms with Gasteiger partial charge in [-0.25, -0.2) is 0 Å². The quantitative estimate of drug-likeness (QED) is 0.674. The number of benzene rings is 2. The van der Waals surface area contributed by atoms with Crippen molar-refractivity contribution in [3.8, 4) is 5.69 Å². The Morgan fingerprint density at radius 1 is 0.926 bits per heavy atom. The third-order valence-electron chi connectivity index (χ3n) is 5.07. The third kappa shape index (κ3) is 3.71. The van der Waals surface area contributed by atoms with Gasteiger partial charge in [-0.15, -0.1) is 0 Å². The maximum Gasteiger partial charge on any atom is 0.254 e. The molecule has 0 saturated carbocycles. The molecule has 1 aromatic heterocycles. The van der Waals surface area contributed by atoms with Gasteiger partial charge in [0.1, 0.15) is 0 Å². The molecule has 4 rings (SSSR count). The van der Waals surface area contributed by atoms with Crippen LogP contribution >= 0.6 is 11.6 Å². The lowest BCUT2D eigenvalue weighted by atomic mass is 10.1. The van der Waals surface area contributed by atoms with E-state index < -0.39 is 0 Å². The molecule has 0 bridgehead atoms. The first-order chi connectivity index (χ1) is 13.1. The Morgan fingerprint density at radius 3 is 2.41 bits per heavy atom. The number of halogens is 1. The SMILES string of the molecule is Cc1ccc(Cl)cc1N1CCN(C(=O)c2cccc(-n3cccc3)c2)CC1. The molecule has 5 heteroatoms. The summed E-state index contributed by atoms with van der Waals surface area (Å²) in [6.45, 7) is 5.13. The number of piperazine rings is 1. The monoisotopic (exact) mass is 379 g/mol. The minimum atomic E-state index is 0.0893. The van der Waals surface area contributed by atoms with Crippen LogP contribution in [0.2, 0.25) is 5.02 Å². The first-order valence-electron chi connectivity index (χ1n) is 9.15. The molecule has 1 amide bonds. The molecule has 3 aromatic rings. The van der Waals surface area contributed by atoms with Crippen LogP contribution in [0.15, 0.2) is 67.0 Å². The second kappa shape index (κ2) is 7.49. The maximum atomic E-state index is 13.0. The highest BCUT2D eigenvalue weighted by atomic mass is 35.5. The number of hydrogen-bond donors (Lipinski definition) is 0. The van der Waals surface area contributed by atoms with Gasteiger partial charge in [-0.3, -0.25) is 4.79 Å².